The predicted octanol–water partition coefficient (Wildman–Crippen LogP) is 2.65. The van der Waals surface area contributed by atoms with Crippen molar-refractivity contribution in [1.29, 1.82) is 0 Å². The number of sulfonamides is 1. The van der Waals surface area contributed by atoms with Gasteiger partial charge < -0.3 is 11.1 Å². The fourth-order valence-corrected chi connectivity index (χ4v) is 8.87. The van der Waals surface area contributed by atoms with Crippen molar-refractivity contribution in [1.82, 2.24) is 10.0 Å². The van der Waals surface area contributed by atoms with E-state index in [0.717, 1.165) is 38.5 Å². The van der Waals surface area contributed by atoms with Gasteiger partial charge in [0.25, 0.3) is 0 Å². The molecule has 0 radical (unpaired) electrons. The number of nitrogens with one attached hydrogen (secondary N) is 2. The maximum absolute atomic E-state index is 13.5. The molecule has 7 nitrogen and oxygen atoms in total. The Morgan fingerprint density at radius 1 is 1.12 bits per heavy atom. The van der Waals surface area contributed by atoms with E-state index in [9.17, 15) is 18.0 Å². The number of hydrogen-bond donors (Lipinski definition) is 3. The van der Waals surface area contributed by atoms with Crippen molar-refractivity contribution in [2.24, 2.45) is 28.9 Å². The number of amides is 2. The zero-order valence-corrected chi connectivity index (χ0v) is 19.8. The highest BCUT2D eigenvalue weighted by atomic mass is 35.5. The molecule has 1 aromatic carbocycles. The van der Waals surface area contributed by atoms with Crippen LogP contribution in [0.5, 0.6) is 0 Å². The van der Waals surface area contributed by atoms with Crippen molar-refractivity contribution in [2.45, 2.75) is 74.8 Å². The molecule has 5 saturated carbocycles. The van der Waals surface area contributed by atoms with Crippen LogP contribution in [0.15, 0.2) is 23.1 Å². The van der Waals surface area contributed by atoms with Crippen molar-refractivity contribution >= 4 is 33.4 Å². The molecule has 6 rings (SSSR count). The fourth-order valence-electron chi connectivity index (χ4n) is 6.95. The van der Waals surface area contributed by atoms with Crippen LogP contribution in [-0.2, 0) is 19.6 Å². The molecule has 5 fully saturated rings. The van der Waals surface area contributed by atoms with Crippen LogP contribution in [0, 0.1) is 30.1 Å². The second kappa shape index (κ2) is 7.43. The van der Waals surface area contributed by atoms with E-state index in [-0.39, 0.29) is 34.6 Å². The maximum atomic E-state index is 13.5. The lowest BCUT2D eigenvalue weighted by Gasteiger charge is -2.59. The number of carbonyl (C=O) groups is 2. The molecule has 0 spiro atoms. The molecule has 4 bridgehead atoms. The largest absolute Gasteiger partial charge is 0.369 e. The third-order valence-corrected chi connectivity index (χ3v) is 10.7. The first-order valence-electron chi connectivity index (χ1n) is 11.5. The Balaban J connectivity index is 1.35. The van der Waals surface area contributed by atoms with Gasteiger partial charge in [0.2, 0.25) is 21.8 Å². The van der Waals surface area contributed by atoms with Crippen molar-refractivity contribution in [3.8, 4) is 0 Å². The van der Waals surface area contributed by atoms with Crippen molar-refractivity contribution in [3.05, 3.63) is 28.8 Å². The van der Waals surface area contributed by atoms with Crippen molar-refractivity contribution in [3.63, 3.8) is 0 Å². The van der Waals surface area contributed by atoms with E-state index in [1.165, 1.54) is 6.07 Å². The highest BCUT2D eigenvalue weighted by Gasteiger charge is 2.59. The molecule has 1 aromatic rings. The molecule has 174 valence electrons. The monoisotopic (exact) mass is 479 g/mol. The molecule has 2 atom stereocenters. The van der Waals surface area contributed by atoms with Gasteiger partial charge in [0.1, 0.15) is 5.54 Å². The summed E-state index contributed by atoms with van der Waals surface area (Å²) in [5, 5.41) is 3.59. The van der Waals surface area contributed by atoms with E-state index in [2.05, 4.69) is 10.0 Å². The standard InChI is InChI=1S/C23H30ClN3O4S/c1-13-17(24)4-2-5-18(13)32(30,31)27-23(6-3-7-23)21(29)26-19-15-8-14-9-16(19)12-22(10-14,11-15)20(25)28/h2,4-5,14-16,19,27H,3,6-12H2,1H3,(H2,25,28)(H,26,29). The fraction of sp³-hybridized carbons (Fsp3) is 0.652. The lowest BCUT2D eigenvalue weighted by Crippen LogP contribution is -2.68. The lowest BCUT2D eigenvalue weighted by atomic mass is 9.47. The molecule has 32 heavy (non-hydrogen) atoms. The second-order valence-electron chi connectivity index (χ2n) is 10.5. The topological polar surface area (TPSA) is 118 Å². The Morgan fingerprint density at radius 2 is 1.78 bits per heavy atom. The smallest absolute Gasteiger partial charge is 0.241 e. The average molecular weight is 480 g/mol. The van der Waals surface area contributed by atoms with E-state index in [0.29, 0.717) is 29.3 Å². The number of rotatable bonds is 6. The quantitative estimate of drug-likeness (QED) is 0.581. The van der Waals surface area contributed by atoms with Crippen LogP contribution in [0.2, 0.25) is 5.02 Å². The first-order chi connectivity index (χ1) is 15.1. The molecule has 0 saturated heterocycles. The van der Waals surface area contributed by atoms with E-state index in [1.807, 2.05) is 0 Å². The maximum Gasteiger partial charge on any atom is 0.241 e. The Bertz CT molecular complexity index is 1070. The normalized spacial score (nSPS) is 34.7. The third kappa shape index (κ3) is 3.37. The molecule has 0 aliphatic heterocycles. The molecule has 0 heterocycles. The predicted molar refractivity (Wildman–Crippen MR) is 120 cm³/mol. The van der Waals surface area contributed by atoms with Gasteiger partial charge in [-0.15, -0.1) is 0 Å². The molecule has 0 aromatic heterocycles. The molecular formula is C23H30ClN3O4S. The van der Waals surface area contributed by atoms with Crippen LogP contribution in [-0.4, -0.2) is 31.8 Å². The Labute approximate surface area is 193 Å². The number of carbonyl (C=O) groups excluding carboxylic acids is 2. The van der Waals surface area contributed by atoms with Crippen LogP contribution in [0.1, 0.15) is 56.9 Å². The third-order valence-electron chi connectivity index (χ3n) is 8.57. The molecular weight excluding hydrogens is 450 g/mol. The van der Waals surface area contributed by atoms with Crippen LogP contribution < -0.4 is 15.8 Å². The van der Waals surface area contributed by atoms with E-state index in [4.69, 9.17) is 17.3 Å². The van der Waals surface area contributed by atoms with Gasteiger partial charge in [-0.1, -0.05) is 17.7 Å². The van der Waals surface area contributed by atoms with Crippen molar-refractivity contribution in [2.75, 3.05) is 0 Å². The SMILES string of the molecule is Cc1c(Cl)cccc1S(=O)(=O)NC1(C(=O)NC2C3CC4CC2CC(C(N)=O)(C4)C3)CCC1. The minimum atomic E-state index is -3.92. The van der Waals surface area contributed by atoms with Gasteiger partial charge in [0.15, 0.2) is 0 Å². The second-order valence-corrected chi connectivity index (χ2v) is 12.6. The Morgan fingerprint density at radius 3 is 2.34 bits per heavy atom. The number of nitrogens with two attached hydrogens (primary N) is 1. The highest BCUT2D eigenvalue weighted by molar-refractivity contribution is 7.89. The number of halogens is 1. The summed E-state index contributed by atoms with van der Waals surface area (Å²) in [6.45, 7) is 1.66. The summed E-state index contributed by atoms with van der Waals surface area (Å²) in [7, 11) is -3.92. The zero-order valence-electron chi connectivity index (χ0n) is 18.2. The first kappa shape index (κ1) is 22.2. The van der Waals surface area contributed by atoms with E-state index < -0.39 is 21.0 Å². The number of hydrogen-bond acceptors (Lipinski definition) is 4. The van der Waals surface area contributed by atoms with Gasteiger partial charge >= 0.3 is 0 Å². The summed E-state index contributed by atoms with van der Waals surface area (Å²) in [5.74, 6) is 0.484. The summed E-state index contributed by atoms with van der Waals surface area (Å²) in [4.78, 5) is 25.7. The summed E-state index contributed by atoms with van der Waals surface area (Å²) in [5.41, 5.74) is 4.69. The van der Waals surface area contributed by atoms with Crippen LogP contribution in [0.25, 0.3) is 0 Å². The summed E-state index contributed by atoms with van der Waals surface area (Å²) in [6, 6.07) is 4.73. The molecule has 2 unspecified atom stereocenters. The Hall–Kier alpha value is -1.64. The minimum absolute atomic E-state index is 0.0265. The minimum Gasteiger partial charge on any atom is -0.369 e. The molecule has 5 aliphatic rings. The molecule has 9 heteroatoms. The van der Waals surface area contributed by atoms with Gasteiger partial charge in [-0.25, -0.2) is 8.42 Å². The van der Waals surface area contributed by atoms with Gasteiger partial charge in [-0.05, 0) is 93.7 Å². The summed E-state index contributed by atoms with van der Waals surface area (Å²) < 4.78 is 29.1. The number of benzene rings is 1. The average Bonchev–Trinajstić information content (AvgIpc) is 2.68. The highest BCUT2D eigenvalue weighted by Crippen LogP contribution is 2.60. The van der Waals surface area contributed by atoms with Gasteiger partial charge in [-0.2, -0.15) is 4.72 Å². The number of primary amides is 1. The van der Waals surface area contributed by atoms with Gasteiger partial charge in [-0.3, -0.25) is 9.59 Å². The van der Waals surface area contributed by atoms with Crippen molar-refractivity contribution < 1.29 is 18.0 Å². The first-order valence-corrected chi connectivity index (χ1v) is 13.3. The van der Waals surface area contributed by atoms with Gasteiger partial charge in [0, 0.05) is 16.5 Å². The molecule has 2 amide bonds. The van der Waals surface area contributed by atoms with E-state index >= 15 is 0 Å². The zero-order chi connectivity index (χ0) is 22.9. The van der Waals surface area contributed by atoms with Crippen LogP contribution in [0.4, 0.5) is 0 Å². The van der Waals surface area contributed by atoms with Crippen LogP contribution in [0.3, 0.4) is 0 Å². The molecule has 5 aliphatic carbocycles. The lowest BCUT2D eigenvalue weighted by molar-refractivity contribution is -0.149. The summed E-state index contributed by atoms with van der Waals surface area (Å²) in [6.07, 6.45) is 6.03. The Kier molecular flexibility index (Phi) is 5.15. The summed E-state index contributed by atoms with van der Waals surface area (Å²) >= 11 is 6.13. The molecule has 4 N–H and O–H groups in total. The van der Waals surface area contributed by atoms with Gasteiger partial charge in [0.05, 0.1) is 4.90 Å². The van der Waals surface area contributed by atoms with Crippen LogP contribution >= 0.6 is 11.6 Å². The van der Waals surface area contributed by atoms with E-state index in [1.54, 1.807) is 19.1 Å².